The van der Waals surface area contributed by atoms with Gasteiger partial charge in [0.05, 0.1) is 11.0 Å². The number of likely N-dealkylation sites (tertiary alicyclic amines) is 1. The highest BCUT2D eigenvalue weighted by Crippen LogP contribution is 2.29. The predicted octanol–water partition coefficient (Wildman–Crippen LogP) is 5.77. The van der Waals surface area contributed by atoms with E-state index in [-0.39, 0.29) is 0 Å². The molecule has 0 saturated carbocycles. The van der Waals surface area contributed by atoms with Crippen LogP contribution in [0.25, 0.3) is 11.0 Å². The molecular weight excluding hydrogens is 404 g/mol. The maximum atomic E-state index is 5.13. The first kappa shape index (κ1) is 21.7. The zero-order chi connectivity index (χ0) is 22.5. The molecule has 2 heterocycles. The Bertz CT molecular complexity index is 1140. The summed E-state index contributed by atoms with van der Waals surface area (Å²) in [7, 11) is 0. The van der Waals surface area contributed by atoms with Crippen molar-refractivity contribution < 1.29 is 0 Å². The first-order valence-electron chi connectivity index (χ1n) is 12.3. The largest absolute Gasteiger partial charge is 0.335 e. The second-order valence-corrected chi connectivity index (χ2v) is 9.07. The van der Waals surface area contributed by atoms with Gasteiger partial charge in [0.25, 0.3) is 0 Å². The average Bonchev–Trinajstić information content (AvgIpc) is 3.26. The molecule has 0 unspecified atom stereocenters. The maximum Gasteiger partial charge on any atom is 0.207 e. The van der Waals surface area contributed by atoms with Crippen molar-refractivity contribution in [2.24, 2.45) is 0 Å². The number of hydrogen-bond acceptors (Lipinski definition) is 3. The van der Waals surface area contributed by atoms with E-state index in [9.17, 15) is 0 Å². The van der Waals surface area contributed by atoms with E-state index in [1.807, 2.05) is 0 Å². The molecule has 1 saturated heterocycles. The fourth-order valence-corrected chi connectivity index (χ4v) is 5.12. The molecule has 33 heavy (non-hydrogen) atoms. The summed E-state index contributed by atoms with van der Waals surface area (Å²) in [4.78, 5) is 10.3. The van der Waals surface area contributed by atoms with Gasteiger partial charge < -0.3 is 14.4 Å². The van der Waals surface area contributed by atoms with Gasteiger partial charge in [-0.1, -0.05) is 72.8 Å². The lowest BCUT2D eigenvalue weighted by Crippen LogP contribution is -2.46. The number of piperidine rings is 1. The fourth-order valence-electron chi connectivity index (χ4n) is 5.12. The minimum absolute atomic E-state index is 0.500. The van der Waals surface area contributed by atoms with E-state index >= 15 is 0 Å². The highest BCUT2D eigenvalue weighted by atomic mass is 15.3. The van der Waals surface area contributed by atoms with Gasteiger partial charge >= 0.3 is 0 Å². The number of benzene rings is 3. The number of aromatic nitrogens is 2. The quantitative estimate of drug-likeness (QED) is 0.349. The van der Waals surface area contributed by atoms with Gasteiger partial charge in [-0.15, -0.1) is 0 Å². The Labute approximate surface area is 197 Å². The summed E-state index contributed by atoms with van der Waals surface area (Å²) in [6.45, 7) is 7.49. The third-order valence-corrected chi connectivity index (χ3v) is 6.96. The van der Waals surface area contributed by atoms with Crippen molar-refractivity contribution in [2.75, 3.05) is 24.5 Å². The van der Waals surface area contributed by atoms with E-state index in [1.54, 1.807) is 0 Å². The summed E-state index contributed by atoms with van der Waals surface area (Å²) < 4.78 is 2.39. The molecule has 4 nitrogen and oxygen atoms in total. The number of aryl methyl sites for hydroxylation is 1. The summed E-state index contributed by atoms with van der Waals surface area (Å²) in [6.07, 6.45) is 3.48. The lowest BCUT2D eigenvalue weighted by Gasteiger charge is -2.39. The molecule has 170 valence electrons. The maximum absolute atomic E-state index is 5.13. The molecule has 0 amide bonds. The summed E-state index contributed by atoms with van der Waals surface area (Å²) in [6, 6.07) is 30.8. The van der Waals surface area contributed by atoms with Crippen LogP contribution in [-0.2, 0) is 19.5 Å². The van der Waals surface area contributed by atoms with E-state index < -0.39 is 0 Å². The highest BCUT2D eigenvalue weighted by molar-refractivity contribution is 5.79. The monoisotopic (exact) mass is 438 g/mol. The number of imidazole rings is 1. The van der Waals surface area contributed by atoms with Crippen LogP contribution >= 0.6 is 0 Å². The van der Waals surface area contributed by atoms with Gasteiger partial charge in [0.2, 0.25) is 5.95 Å². The SMILES string of the molecule is CCn1c(N(Cc2ccccc2)C2CCN(CCc3ccccc3)CC2)nc2ccccc21. The van der Waals surface area contributed by atoms with E-state index in [0.717, 1.165) is 50.6 Å². The molecule has 0 radical (unpaired) electrons. The molecule has 1 aliphatic heterocycles. The Balaban J connectivity index is 1.35. The Morgan fingerprint density at radius 2 is 1.45 bits per heavy atom. The normalized spacial score (nSPS) is 15.2. The number of rotatable bonds is 8. The first-order chi connectivity index (χ1) is 16.3. The van der Waals surface area contributed by atoms with Crippen molar-refractivity contribution in [1.82, 2.24) is 14.5 Å². The lowest BCUT2D eigenvalue weighted by atomic mass is 10.0. The van der Waals surface area contributed by atoms with Gasteiger partial charge in [0.1, 0.15) is 0 Å². The van der Waals surface area contributed by atoms with Crippen LogP contribution in [-0.4, -0.2) is 40.1 Å². The molecule has 1 aliphatic rings. The molecule has 3 aromatic carbocycles. The molecule has 0 spiro atoms. The van der Waals surface area contributed by atoms with E-state index in [2.05, 4.69) is 106 Å². The summed E-state index contributed by atoms with van der Waals surface area (Å²) in [5.41, 5.74) is 5.10. The molecule has 5 rings (SSSR count). The van der Waals surface area contributed by atoms with Crippen LogP contribution < -0.4 is 4.90 Å². The zero-order valence-corrected chi connectivity index (χ0v) is 19.6. The Hall–Kier alpha value is -3.11. The summed E-state index contributed by atoms with van der Waals surface area (Å²) in [5, 5.41) is 0. The number of hydrogen-bond donors (Lipinski definition) is 0. The Morgan fingerprint density at radius 1 is 0.818 bits per heavy atom. The molecule has 0 atom stereocenters. The molecule has 0 aliphatic carbocycles. The lowest BCUT2D eigenvalue weighted by molar-refractivity contribution is 0.209. The Morgan fingerprint density at radius 3 is 2.15 bits per heavy atom. The van der Waals surface area contributed by atoms with Crippen LogP contribution in [0.3, 0.4) is 0 Å². The van der Waals surface area contributed by atoms with Gasteiger partial charge in [-0.2, -0.15) is 0 Å². The standard InChI is InChI=1S/C29H34N4/c1-2-32-28-16-10-9-15-27(28)30-29(32)33(23-25-13-7-4-8-14-25)26-18-21-31(22-19-26)20-17-24-11-5-3-6-12-24/h3-16,26H,2,17-23H2,1H3. The molecule has 0 N–H and O–H groups in total. The van der Waals surface area contributed by atoms with Crippen molar-refractivity contribution in [3.63, 3.8) is 0 Å². The van der Waals surface area contributed by atoms with E-state index in [1.165, 1.54) is 29.5 Å². The predicted molar refractivity (Wildman–Crippen MR) is 138 cm³/mol. The average molecular weight is 439 g/mol. The van der Waals surface area contributed by atoms with Crippen LogP contribution in [0, 0.1) is 0 Å². The third-order valence-electron chi connectivity index (χ3n) is 6.96. The van der Waals surface area contributed by atoms with Crippen LogP contribution in [0.2, 0.25) is 0 Å². The van der Waals surface area contributed by atoms with Gasteiger partial charge in [0.15, 0.2) is 0 Å². The van der Waals surface area contributed by atoms with Crippen LogP contribution in [0.15, 0.2) is 84.9 Å². The van der Waals surface area contributed by atoms with Crippen LogP contribution in [0.1, 0.15) is 30.9 Å². The molecule has 0 bridgehead atoms. The molecule has 4 heteroatoms. The number of para-hydroxylation sites is 2. The summed E-state index contributed by atoms with van der Waals surface area (Å²) >= 11 is 0. The van der Waals surface area contributed by atoms with Gasteiger partial charge in [-0.25, -0.2) is 4.98 Å². The third kappa shape index (κ3) is 4.96. The molecule has 1 fully saturated rings. The number of anilines is 1. The summed E-state index contributed by atoms with van der Waals surface area (Å²) in [5.74, 6) is 1.12. The minimum Gasteiger partial charge on any atom is -0.335 e. The van der Waals surface area contributed by atoms with E-state index in [0.29, 0.717) is 6.04 Å². The number of fused-ring (bicyclic) bond motifs is 1. The first-order valence-corrected chi connectivity index (χ1v) is 12.3. The van der Waals surface area contributed by atoms with Crippen LogP contribution in [0.5, 0.6) is 0 Å². The van der Waals surface area contributed by atoms with Crippen molar-refractivity contribution in [3.05, 3.63) is 96.1 Å². The van der Waals surface area contributed by atoms with Gasteiger partial charge in [-0.3, -0.25) is 0 Å². The second kappa shape index (κ2) is 10.2. The molecular formula is C29H34N4. The van der Waals surface area contributed by atoms with Crippen molar-refractivity contribution in [1.29, 1.82) is 0 Å². The smallest absolute Gasteiger partial charge is 0.207 e. The van der Waals surface area contributed by atoms with Gasteiger partial charge in [0, 0.05) is 38.8 Å². The minimum atomic E-state index is 0.500. The topological polar surface area (TPSA) is 24.3 Å². The van der Waals surface area contributed by atoms with Crippen molar-refractivity contribution in [3.8, 4) is 0 Å². The van der Waals surface area contributed by atoms with E-state index in [4.69, 9.17) is 4.98 Å². The molecule has 1 aromatic heterocycles. The highest BCUT2D eigenvalue weighted by Gasteiger charge is 2.28. The second-order valence-electron chi connectivity index (χ2n) is 9.07. The molecule has 4 aromatic rings. The van der Waals surface area contributed by atoms with Crippen molar-refractivity contribution >= 4 is 17.0 Å². The van der Waals surface area contributed by atoms with Crippen molar-refractivity contribution in [2.45, 2.75) is 45.3 Å². The Kier molecular flexibility index (Phi) is 6.73. The van der Waals surface area contributed by atoms with Crippen LogP contribution in [0.4, 0.5) is 5.95 Å². The number of nitrogens with zero attached hydrogens (tertiary/aromatic N) is 4. The zero-order valence-electron chi connectivity index (χ0n) is 19.6. The van der Waals surface area contributed by atoms with Gasteiger partial charge in [-0.05, 0) is 49.4 Å². The fraction of sp³-hybridized carbons (Fsp3) is 0.345.